The van der Waals surface area contributed by atoms with E-state index >= 15 is 0 Å². The molecule has 0 bridgehead atoms. The maximum absolute atomic E-state index is 12.3. The van der Waals surface area contributed by atoms with Crippen molar-refractivity contribution in [2.45, 2.75) is 0 Å². The Morgan fingerprint density at radius 2 is 2.08 bits per heavy atom. The fourth-order valence-electron chi connectivity index (χ4n) is 1.91. The molecule has 2 rings (SSSR count). The number of carbonyl (C=O) groups excluding carboxylic acids is 1. The summed E-state index contributed by atoms with van der Waals surface area (Å²) in [5.41, 5.74) is 0.681. The number of carbonyl (C=O) groups is 1. The Bertz CT molecular complexity index is 691. The molecule has 0 aliphatic heterocycles. The lowest BCUT2D eigenvalue weighted by Crippen LogP contribution is -2.21. The maximum atomic E-state index is 12.3. The molecule has 2 N–H and O–H groups in total. The van der Waals surface area contributed by atoms with E-state index < -0.39 is 0 Å². The molecule has 1 heterocycles. The standard InChI is InChI=1S/C16H20ClN5O2/c1-22(2)7-6-18-15-10-19-13(9-20-15)16(23)21-12-8-11(17)4-5-14(12)24-3/h4-5,8-10H,6-7H2,1-3H3,(H,18,20)(H,21,23). The highest BCUT2D eigenvalue weighted by Gasteiger charge is 2.12. The number of methoxy groups -OCH3 is 1. The number of benzene rings is 1. The van der Waals surface area contributed by atoms with Crippen molar-refractivity contribution in [3.05, 3.63) is 41.3 Å². The van der Waals surface area contributed by atoms with Gasteiger partial charge in [-0.1, -0.05) is 11.6 Å². The number of nitrogens with one attached hydrogen (secondary N) is 2. The average molecular weight is 350 g/mol. The molecule has 0 spiro atoms. The van der Waals surface area contributed by atoms with E-state index in [-0.39, 0.29) is 11.6 Å². The van der Waals surface area contributed by atoms with Crippen molar-refractivity contribution in [3.63, 3.8) is 0 Å². The van der Waals surface area contributed by atoms with Crippen LogP contribution in [0.4, 0.5) is 11.5 Å². The minimum absolute atomic E-state index is 0.204. The van der Waals surface area contributed by atoms with Crippen LogP contribution in [0.3, 0.4) is 0 Å². The smallest absolute Gasteiger partial charge is 0.275 e. The van der Waals surface area contributed by atoms with Crippen LogP contribution in [0.1, 0.15) is 10.5 Å². The van der Waals surface area contributed by atoms with E-state index in [1.165, 1.54) is 19.5 Å². The maximum Gasteiger partial charge on any atom is 0.275 e. The largest absolute Gasteiger partial charge is 0.495 e. The van der Waals surface area contributed by atoms with E-state index in [1.807, 2.05) is 14.1 Å². The second kappa shape index (κ2) is 8.47. The van der Waals surface area contributed by atoms with Gasteiger partial charge in [0.2, 0.25) is 0 Å². The molecular formula is C16H20ClN5O2. The third-order valence-electron chi connectivity index (χ3n) is 3.16. The monoisotopic (exact) mass is 349 g/mol. The lowest BCUT2D eigenvalue weighted by Gasteiger charge is -2.11. The van der Waals surface area contributed by atoms with E-state index in [2.05, 4.69) is 25.5 Å². The van der Waals surface area contributed by atoms with Gasteiger partial charge in [0, 0.05) is 18.1 Å². The van der Waals surface area contributed by atoms with Crippen LogP contribution in [-0.2, 0) is 0 Å². The van der Waals surface area contributed by atoms with Crippen molar-refractivity contribution in [2.24, 2.45) is 0 Å². The number of anilines is 2. The summed E-state index contributed by atoms with van der Waals surface area (Å²) in [6, 6.07) is 4.98. The molecule has 0 aliphatic carbocycles. The van der Waals surface area contributed by atoms with E-state index in [4.69, 9.17) is 16.3 Å². The van der Waals surface area contributed by atoms with Gasteiger partial charge in [0.05, 0.1) is 25.2 Å². The minimum Gasteiger partial charge on any atom is -0.495 e. The van der Waals surface area contributed by atoms with Crippen LogP contribution in [0.25, 0.3) is 0 Å². The normalized spacial score (nSPS) is 10.5. The first kappa shape index (κ1) is 18.0. The summed E-state index contributed by atoms with van der Waals surface area (Å²) in [5, 5.41) is 6.35. The predicted octanol–water partition coefficient (Wildman–Crippen LogP) is 2.36. The second-order valence-electron chi connectivity index (χ2n) is 5.32. The molecule has 8 heteroatoms. The summed E-state index contributed by atoms with van der Waals surface area (Å²) >= 11 is 5.95. The molecule has 24 heavy (non-hydrogen) atoms. The fraction of sp³-hybridized carbons (Fsp3) is 0.312. The van der Waals surface area contributed by atoms with Gasteiger partial charge in [0.15, 0.2) is 0 Å². The molecule has 2 aromatic rings. The number of hydrogen-bond acceptors (Lipinski definition) is 6. The molecule has 1 aromatic carbocycles. The Labute approximate surface area is 146 Å². The molecule has 0 saturated carbocycles. The van der Waals surface area contributed by atoms with Crippen LogP contribution in [-0.4, -0.2) is 55.1 Å². The molecule has 1 amide bonds. The Hall–Kier alpha value is -2.38. The Balaban J connectivity index is 2.01. The van der Waals surface area contributed by atoms with Gasteiger partial charge in [-0.05, 0) is 32.3 Å². The van der Waals surface area contributed by atoms with Crippen molar-refractivity contribution in [3.8, 4) is 5.75 Å². The van der Waals surface area contributed by atoms with Crippen LogP contribution < -0.4 is 15.4 Å². The summed E-state index contributed by atoms with van der Waals surface area (Å²) in [5.74, 6) is 0.749. The molecule has 0 saturated heterocycles. The lowest BCUT2D eigenvalue weighted by molar-refractivity contribution is 0.102. The van der Waals surface area contributed by atoms with Crippen molar-refractivity contribution < 1.29 is 9.53 Å². The minimum atomic E-state index is -0.386. The van der Waals surface area contributed by atoms with Gasteiger partial charge in [0.25, 0.3) is 5.91 Å². The zero-order valence-electron chi connectivity index (χ0n) is 13.8. The van der Waals surface area contributed by atoms with Crippen molar-refractivity contribution in [1.82, 2.24) is 14.9 Å². The van der Waals surface area contributed by atoms with Crippen LogP contribution >= 0.6 is 11.6 Å². The first-order chi connectivity index (χ1) is 11.5. The molecule has 128 valence electrons. The molecule has 0 atom stereocenters. The molecule has 0 radical (unpaired) electrons. The van der Waals surface area contributed by atoms with Gasteiger partial charge in [-0.15, -0.1) is 0 Å². The third-order valence-corrected chi connectivity index (χ3v) is 3.39. The zero-order chi connectivity index (χ0) is 17.5. The highest BCUT2D eigenvalue weighted by molar-refractivity contribution is 6.31. The van der Waals surface area contributed by atoms with Crippen molar-refractivity contribution >= 4 is 29.0 Å². The first-order valence-corrected chi connectivity index (χ1v) is 7.73. The van der Waals surface area contributed by atoms with E-state index in [9.17, 15) is 4.79 Å². The molecule has 0 unspecified atom stereocenters. The average Bonchev–Trinajstić information content (AvgIpc) is 2.55. The van der Waals surface area contributed by atoms with Gasteiger partial charge >= 0.3 is 0 Å². The van der Waals surface area contributed by atoms with E-state index in [0.29, 0.717) is 22.3 Å². The Kier molecular flexibility index (Phi) is 6.34. The number of rotatable bonds is 7. The molecule has 7 nitrogen and oxygen atoms in total. The van der Waals surface area contributed by atoms with Crippen molar-refractivity contribution in [1.29, 1.82) is 0 Å². The number of likely N-dealkylation sites (N-methyl/N-ethyl adjacent to an activating group) is 1. The number of amides is 1. The quantitative estimate of drug-likeness (QED) is 0.799. The van der Waals surface area contributed by atoms with Crippen LogP contribution in [0, 0.1) is 0 Å². The predicted molar refractivity (Wildman–Crippen MR) is 95.0 cm³/mol. The van der Waals surface area contributed by atoms with E-state index in [1.54, 1.807) is 18.2 Å². The molecule has 1 aromatic heterocycles. The second-order valence-corrected chi connectivity index (χ2v) is 5.75. The number of ether oxygens (including phenoxy) is 1. The van der Waals surface area contributed by atoms with Gasteiger partial charge in [-0.25, -0.2) is 9.97 Å². The summed E-state index contributed by atoms with van der Waals surface area (Å²) < 4.78 is 5.20. The first-order valence-electron chi connectivity index (χ1n) is 7.35. The number of aromatic nitrogens is 2. The number of halogens is 1. The van der Waals surface area contributed by atoms with Crippen molar-refractivity contribution in [2.75, 3.05) is 44.9 Å². The summed E-state index contributed by atoms with van der Waals surface area (Å²) in [6.45, 7) is 1.62. The summed E-state index contributed by atoms with van der Waals surface area (Å²) in [7, 11) is 5.50. The summed E-state index contributed by atoms with van der Waals surface area (Å²) in [6.07, 6.45) is 2.95. The number of hydrogen-bond donors (Lipinski definition) is 2. The van der Waals surface area contributed by atoms with Gasteiger partial charge in [-0.3, -0.25) is 4.79 Å². The van der Waals surface area contributed by atoms with Gasteiger partial charge < -0.3 is 20.3 Å². The fourth-order valence-corrected chi connectivity index (χ4v) is 2.08. The Morgan fingerprint density at radius 1 is 1.29 bits per heavy atom. The highest BCUT2D eigenvalue weighted by atomic mass is 35.5. The van der Waals surface area contributed by atoms with E-state index in [0.717, 1.165) is 13.1 Å². The van der Waals surface area contributed by atoms with Crippen LogP contribution in [0.15, 0.2) is 30.6 Å². The molecular weight excluding hydrogens is 330 g/mol. The SMILES string of the molecule is COc1ccc(Cl)cc1NC(=O)c1cnc(NCCN(C)C)cn1. The van der Waals surface area contributed by atoms with Gasteiger partial charge in [0.1, 0.15) is 17.3 Å². The summed E-state index contributed by atoms with van der Waals surface area (Å²) in [4.78, 5) is 22.6. The Morgan fingerprint density at radius 3 is 2.71 bits per heavy atom. The van der Waals surface area contributed by atoms with Gasteiger partial charge in [-0.2, -0.15) is 0 Å². The lowest BCUT2D eigenvalue weighted by atomic mass is 10.2. The topological polar surface area (TPSA) is 79.4 Å². The molecule has 0 fully saturated rings. The molecule has 0 aliphatic rings. The number of nitrogens with zero attached hydrogens (tertiary/aromatic N) is 3. The zero-order valence-corrected chi connectivity index (χ0v) is 14.6. The van der Waals surface area contributed by atoms with Crippen LogP contribution in [0.5, 0.6) is 5.75 Å². The van der Waals surface area contributed by atoms with Crippen LogP contribution in [0.2, 0.25) is 5.02 Å². The third kappa shape index (κ3) is 5.07. The highest BCUT2D eigenvalue weighted by Crippen LogP contribution is 2.27.